The van der Waals surface area contributed by atoms with Crippen molar-refractivity contribution in [3.63, 3.8) is 0 Å². The van der Waals surface area contributed by atoms with E-state index >= 15 is 0 Å². The molecule has 1 aliphatic rings. The average molecular weight is 285 g/mol. The fraction of sp³-hybridized carbons (Fsp3) is 0.312. The molecule has 2 aromatic rings. The summed E-state index contributed by atoms with van der Waals surface area (Å²) < 4.78 is 10.8. The first-order valence-corrected chi connectivity index (χ1v) is 7.05. The van der Waals surface area contributed by atoms with Gasteiger partial charge in [0, 0.05) is 38.6 Å². The minimum atomic E-state index is 0.308. The van der Waals surface area contributed by atoms with E-state index in [-0.39, 0.29) is 0 Å². The maximum Gasteiger partial charge on any atom is 0.231 e. The van der Waals surface area contributed by atoms with Crippen LogP contribution >= 0.6 is 0 Å². The van der Waals surface area contributed by atoms with E-state index in [1.165, 1.54) is 11.1 Å². The summed E-state index contributed by atoms with van der Waals surface area (Å²) in [5.41, 5.74) is 8.16. The lowest BCUT2D eigenvalue weighted by Gasteiger charge is -2.21. The van der Waals surface area contributed by atoms with Crippen LogP contribution in [0.4, 0.5) is 0 Å². The van der Waals surface area contributed by atoms with Crippen LogP contribution in [0.2, 0.25) is 0 Å². The van der Waals surface area contributed by atoms with Gasteiger partial charge in [-0.2, -0.15) is 0 Å². The molecule has 0 unspecified atom stereocenters. The molecule has 1 aliphatic heterocycles. The van der Waals surface area contributed by atoms with Crippen LogP contribution in [0.25, 0.3) is 0 Å². The first-order valence-electron chi connectivity index (χ1n) is 7.05. The van der Waals surface area contributed by atoms with E-state index in [9.17, 15) is 0 Å². The van der Waals surface area contributed by atoms with Gasteiger partial charge < -0.3 is 15.2 Å². The standard InChI is InChI=1S/C16H19N3O2/c17-5-8-19(10-13-3-6-18-7-4-13)11-14-1-2-15-16(9-14)21-12-20-15/h1-4,6-7,9H,5,8,10-12,17H2. The van der Waals surface area contributed by atoms with Crippen molar-refractivity contribution in [2.24, 2.45) is 5.73 Å². The fourth-order valence-corrected chi connectivity index (χ4v) is 2.44. The fourth-order valence-electron chi connectivity index (χ4n) is 2.44. The van der Waals surface area contributed by atoms with E-state index in [2.05, 4.69) is 16.0 Å². The third-order valence-corrected chi connectivity index (χ3v) is 3.44. The van der Waals surface area contributed by atoms with Gasteiger partial charge in [-0.25, -0.2) is 0 Å². The maximum absolute atomic E-state index is 5.73. The molecule has 0 spiro atoms. The summed E-state index contributed by atoms with van der Waals surface area (Å²) in [6.45, 7) is 3.47. The molecule has 0 saturated carbocycles. The Bertz CT molecular complexity index is 589. The second-order valence-corrected chi connectivity index (χ2v) is 5.04. The zero-order valence-electron chi connectivity index (χ0n) is 11.9. The highest BCUT2D eigenvalue weighted by atomic mass is 16.7. The van der Waals surface area contributed by atoms with Gasteiger partial charge in [-0.05, 0) is 35.4 Å². The molecule has 2 N–H and O–H groups in total. The van der Waals surface area contributed by atoms with E-state index in [1.807, 2.05) is 36.7 Å². The van der Waals surface area contributed by atoms with Crippen LogP contribution in [0.15, 0.2) is 42.7 Å². The van der Waals surface area contributed by atoms with Crippen molar-refractivity contribution in [2.45, 2.75) is 13.1 Å². The van der Waals surface area contributed by atoms with E-state index < -0.39 is 0 Å². The smallest absolute Gasteiger partial charge is 0.231 e. The Morgan fingerprint density at radius 1 is 1.00 bits per heavy atom. The molecule has 0 atom stereocenters. The van der Waals surface area contributed by atoms with Crippen LogP contribution < -0.4 is 15.2 Å². The number of hydrogen-bond acceptors (Lipinski definition) is 5. The van der Waals surface area contributed by atoms with Crippen LogP contribution in [0.5, 0.6) is 11.5 Å². The first kappa shape index (κ1) is 13.9. The lowest BCUT2D eigenvalue weighted by Crippen LogP contribution is -2.28. The highest BCUT2D eigenvalue weighted by Gasteiger charge is 2.14. The summed E-state index contributed by atoms with van der Waals surface area (Å²) in [6, 6.07) is 10.1. The molecule has 21 heavy (non-hydrogen) atoms. The molecule has 2 heterocycles. The quantitative estimate of drug-likeness (QED) is 0.876. The summed E-state index contributed by atoms with van der Waals surface area (Å²) in [4.78, 5) is 6.36. The van der Waals surface area contributed by atoms with Gasteiger partial charge in [0.05, 0.1) is 0 Å². The molecule has 1 aromatic heterocycles. The molecule has 110 valence electrons. The average Bonchev–Trinajstić information content (AvgIpc) is 2.96. The molecule has 0 bridgehead atoms. The predicted octanol–water partition coefficient (Wildman–Crippen LogP) is 1.77. The van der Waals surface area contributed by atoms with Crippen molar-refractivity contribution in [3.05, 3.63) is 53.9 Å². The van der Waals surface area contributed by atoms with Gasteiger partial charge in [0.2, 0.25) is 6.79 Å². The van der Waals surface area contributed by atoms with Crippen LogP contribution in [-0.4, -0.2) is 29.8 Å². The van der Waals surface area contributed by atoms with Crippen molar-refractivity contribution in [2.75, 3.05) is 19.9 Å². The van der Waals surface area contributed by atoms with Crippen molar-refractivity contribution >= 4 is 0 Å². The van der Waals surface area contributed by atoms with Gasteiger partial charge in [0.15, 0.2) is 11.5 Å². The molecular weight excluding hydrogens is 266 g/mol. The SMILES string of the molecule is NCCN(Cc1ccncc1)Cc1ccc2c(c1)OCO2. The van der Waals surface area contributed by atoms with Crippen LogP contribution in [0.3, 0.4) is 0 Å². The number of pyridine rings is 1. The van der Waals surface area contributed by atoms with Gasteiger partial charge in [-0.15, -0.1) is 0 Å². The summed E-state index contributed by atoms with van der Waals surface area (Å²) in [5.74, 6) is 1.64. The van der Waals surface area contributed by atoms with Gasteiger partial charge in [-0.1, -0.05) is 6.07 Å². The number of nitrogens with zero attached hydrogens (tertiary/aromatic N) is 2. The lowest BCUT2D eigenvalue weighted by atomic mass is 10.1. The highest BCUT2D eigenvalue weighted by molar-refractivity contribution is 5.44. The topological polar surface area (TPSA) is 60.6 Å². The molecule has 3 rings (SSSR count). The Morgan fingerprint density at radius 3 is 2.57 bits per heavy atom. The van der Waals surface area contributed by atoms with E-state index in [0.717, 1.165) is 31.1 Å². The third-order valence-electron chi connectivity index (χ3n) is 3.44. The van der Waals surface area contributed by atoms with E-state index in [4.69, 9.17) is 15.2 Å². The number of benzene rings is 1. The van der Waals surface area contributed by atoms with Crippen molar-refractivity contribution in [1.29, 1.82) is 0 Å². The third kappa shape index (κ3) is 3.51. The van der Waals surface area contributed by atoms with Crippen LogP contribution in [-0.2, 0) is 13.1 Å². The second-order valence-electron chi connectivity index (χ2n) is 5.04. The highest BCUT2D eigenvalue weighted by Crippen LogP contribution is 2.32. The molecule has 0 saturated heterocycles. The molecule has 0 fully saturated rings. The monoisotopic (exact) mass is 285 g/mol. The van der Waals surface area contributed by atoms with Crippen LogP contribution in [0.1, 0.15) is 11.1 Å². The lowest BCUT2D eigenvalue weighted by molar-refractivity contribution is 0.174. The number of hydrogen-bond donors (Lipinski definition) is 1. The van der Waals surface area contributed by atoms with Gasteiger partial charge in [0.25, 0.3) is 0 Å². The Morgan fingerprint density at radius 2 is 1.76 bits per heavy atom. The van der Waals surface area contributed by atoms with Crippen molar-refractivity contribution in [1.82, 2.24) is 9.88 Å². The predicted molar refractivity (Wildman–Crippen MR) is 80.0 cm³/mol. The second kappa shape index (κ2) is 6.56. The number of fused-ring (bicyclic) bond motifs is 1. The Kier molecular flexibility index (Phi) is 4.33. The molecular formula is C16H19N3O2. The maximum atomic E-state index is 5.73. The first-order chi connectivity index (χ1) is 10.3. The van der Waals surface area contributed by atoms with Gasteiger partial charge >= 0.3 is 0 Å². The normalized spacial score (nSPS) is 12.9. The number of ether oxygens (including phenoxy) is 2. The molecule has 0 radical (unpaired) electrons. The molecule has 0 aliphatic carbocycles. The summed E-state index contributed by atoms with van der Waals surface area (Å²) in [5, 5.41) is 0. The van der Waals surface area contributed by atoms with Crippen molar-refractivity contribution in [3.8, 4) is 11.5 Å². The van der Waals surface area contributed by atoms with Gasteiger partial charge in [0.1, 0.15) is 0 Å². The van der Waals surface area contributed by atoms with E-state index in [1.54, 1.807) is 0 Å². The number of aromatic nitrogens is 1. The molecule has 5 heteroatoms. The zero-order valence-corrected chi connectivity index (χ0v) is 11.9. The van der Waals surface area contributed by atoms with Crippen LogP contribution in [0, 0.1) is 0 Å². The number of nitrogens with two attached hydrogens (primary N) is 1. The number of rotatable bonds is 6. The minimum Gasteiger partial charge on any atom is -0.454 e. The minimum absolute atomic E-state index is 0.308. The summed E-state index contributed by atoms with van der Waals surface area (Å²) in [7, 11) is 0. The van der Waals surface area contributed by atoms with Crippen molar-refractivity contribution < 1.29 is 9.47 Å². The molecule has 1 aromatic carbocycles. The van der Waals surface area contributed by atoms with E-state index in [0.29, 0.717) is 13.3 Å². The Hall–Kier alpha value is -2.11. The Labute approximate surface area is 124 Å². The largest absolute Gasteiger partial charge is 0.454 e. The summed E-state index contributed by atoms with van der Waals surface area (Å²) in [6.07, 6.45) is 3.63. The molecule has 0 amide bonds. The van der Waals surface area contributed by atoms with Gasteiger partial charge in [-0.3, -0.25) is 9.88 Å². The Balaban J connectivity index is 1.70. The zero-order chi connectivity index (χ0) is 14.5. The molecule has 5 nitrogen and oxygen atoms in total. The summed E-state index contributed by atoms with van der Waals surface area (Å²) >= 11 is 0.